The van der Waals surface area contributed by atoms with E-state index in [9.17, 15) is 4.39 Å². The van der Waals surface area contributed by atoms with E-state index in [1.54, 1.807) is 6.07 Å². The van der Waals surface area contributed by atoms with Gasteiger partial charge in [0.05, 0.1) is 0 Å². The lowest BCUT2D eigenvalue weighted by molar-refractivity contribution is 0.590. The molecule has 2 aromatic carbocycles. The number of benzene rings is 2. The zero-order valence-electron chi connectivity index (χ0n) is 9.34. The molecule has 0 N–H and O–H groups in total. The fourth-order valence-electron chi connectivity index (χ4n) is 1.70. The molecule has 2 aromatic rings. The summed E-state index contributed by atoms with van der Waals surface area (Å²) in [7, 11) is 0. The molecular formula is C14H15F. The summed E-state index contributed by atoms with van der Waals surface area (Å²) in [5.41, 5.74) is 1.23. The summed E-state index contributed by atoms with van der Waals surface area (Å²) in [4.78, 5) is 0. The lowest BCUT2D eigenvalue weighted by atomic mass is 9.86. The molecule has 0 saturated carbocycles. The van der Waals surface area contributed by atoms with Crippen LogP contribution in [0.25, 0.3) is 10.8 Å². The highest BCUT2D eigenvalue weighted by Gasteiger charge is 2.14. The molecule has 15 heavy (non-hydrogen) atoms. The zero-order valence-corrected chi connectivity index (χ0v) is 9.34. The Morgan fingerprint density at radius 2 is 1.73 bits per heavy atom. The maximum Gasteiger partial charge on any atom is 0.131 e. The van der Waals surface area contributed by atoms with Gasteiger partial charge in [-0.2, -0.15) is 0 Å². The second kappa shape index (κ2) is 3.34. The number of hydrogen-bond donors (Lipinski definition) is 0. The first-order valence-electron chi connectivity index (χ1n) is 5.17. The van der Waals surface area contributed by atoms with Crippen molar-refractivity contribution >= 4 is 10.8 Å². The quantitative estimate of drug-likeness (QED) is 0.598. The van der Waals surface area contributed by atoms with Gasteiger partial charge in [0.15, 0.2) is 0 Å². The maximum absolute atomic E-state index is 13.6. The van der Waals surface area contributed by atoms with Crippen LogP contribution in [0.3, 0.4) is 0 Å². The third-order valence-electron chi connectivity index (χ3n) is 2.69. The van der Waals surface area contributed by atoms with Crippen LogP contribution < -0.4 is 0 Å². The monoisotopic (exact) mass is 202 g/mol. The predicted molar refractivity (Wildman–Crippen MR) is 62.6 cm³/mol. The molecular weight excluding hydrogens is 187 g/mol. The highest BCUT2D eigenvalue weighted by atomic mass is 19.1. The van der Waals surface area contributed by atoms with Gasteiger partial charge < -0.3 is 0 Å². The number of hydrogen-bond acceptors (Lipinski definition) is 0. The fourth-order valence-corrected chi connectivity index (χ4v) is 1.70. The summed E-state index contributed by atoms with van der Waals surface area (Å²) in [5, 5.41) is 1.67. The fraction of sp³-hybridized carbons (Fsp3) is 0.286. The van der Waals surface area contributed by atoms with E-state index in [4.69, 9.17) is 0 Å². The third kappa shape index (κ3) is 1.87. The molecule has 0 bridgehead atoms. The Balaban J connectivity index is 2.70. The van der Waals surface area contributed by atoms with Gasteiger partial charge in [-0.15, -0.1) is 0 Å². The average molecular weight is 202 g/mol. The van der Waals surface area contributed by atoms with Gasteiger partial charge in [0, 0.05) is 5.39 Å². The Morgan fingerprint density at radius 3 is 2.40 bits per heavy atom. The number of fused-ring (bicyclic) bond motifs is 1. The van der Waals surface area contributed by atoms with E-state index in [2.05, 4.69) is 26.8 Å². The topological polar surface area (TPSA) is 0 Å². The van der Waals surface area contributed by atoms with Crippen LogP contribution in [0.2, 0.25) is 0 Å². The van der Waals surface area contributed by atoms with E-state index >= 15 is 0 Å². The second-order valence-corrected chi connectivity index (χ2v) is 4.93. The van der Waals surface area contributed by atoms with Crippen molar-refractivity contribution in [3.8, 4) is 0 Å². The van der Waals surface area contributed by atoms with Crippen molar-refractivity contribution in [2.75, 3.05) is 0 Å². The summed E-state index contributed by atoms with van der Waals surface area (Å²) in [6.45, 7) is 6.40. The van der Waals surface area contributed by atoms with Gasteiger partial charge in [-0.25, -0.2) is 4.39 Å². The molecule has 0 aliphatic heterocycles. The van der Waals surface area contributed by atoms with Crippen molar-refractivity contribution < 1.29 is 4.39 Å². The van der Waals surface area contributed by atoms with Crippen molar-refractivity contribution in [3.05, 3.63) is 47.8 Å². The first kappa shape index (κ1) is 10.2. The van der Waals surface area contributed by atoms with Crippen LogP contribution in [0, 0.1) is 5.82 Å². The first-order valence-corrected chi connectivity index (χ1v) is 5.17. The maximum atomic E-state index is 13.6. The molecule has 0 fully saturated rings. The van der Waals surface area contributed by atoms with Crippen molar-refractivity contribution in [1.29, 1.82) is 0 Å². The Bertz CT molecular complexity index is 492. The van der Waals surface area contributed by atoms with E-state index in [0.717, 1.165) is 5.39 Å². The van der Waals surface area contributed by atoms with Crippen LogP contribution in [0.15, 0.2) is 36.4 Å². The van der Waals surface area contributed by atoms with Crippen LogP contribution in [0.4, 0.5) is 4.39 Å². The SMILES string of the molecule is CC(C)(C)c1ccc2cccc(F)c2c1. The smallest absolute Gasteiger partial charge is 0.131 e. The molecule has 0 saturated heterocycles. The standard InChI is InChI=1S/C14H15F/c1-14(2,3)11-8-7-10-5-4-6-13(15)12(10)9-11/h4-9H,1-3H3. The van der Waals surface area contributed by atoms with Crippen LogP contribution in [-0.4, -0.2) is 0 Å². The number of halogens is 1. The summed E-state index contributed by atoms with van der Waals surface area (Å²) >= 11 is 0. The molecule has 1 heteroatoms. The summed E-state index contributed by atoms with van der Waals surface area (Å²) in [6.07, 6.45) is 0. The van der Waals surface area contributed by atoms with E-state index in [1.165, 1.54) is 11.6 Å². The Kier molecular flexibility index (Phi) is 2.26. The zero-order chi connectivity index (χ0) is 11.1. The van der Waals surface area contributed by atoms with Gasteiger partial charge in [-0.1, -0.05) is 45.0 Å². The van der Waals surface area contributed by atoms with Gasteiger partial charge in [-0.3, -0.25) is 0 Å². The van der Waals surface area contributed by atoms with Gasteiger partial charge in [0.1, 0.15) is 5.82 Å². The van der Waals surface area contributed by atoms with Crippen LogP contribution in [-0.2, 0) is 5.41 Å². The largest absolute Gasteiger partial charge is 0.206 e. The van der Waals surface area contributed by atoms with Gasteiger partial charge in [-0.05, 0) is 28.5 Å². The molecule has 0 radical (unpaired) electrons. The Morgan fingerprint density at radius 1 is 1.00 bits per heavy atom. The van der Waals surface area contributed by atoms with Crippen LogP contribution >= 0.6 is 0 Å². The van der Waals surface area contributed by atoms with Crippen molar-refractivity contribution in [2.45, 2.75) is 26.2 Å². The summed E-state index contributed by atoms with van der Waals surface area (Å²) in [6, 6.07) is 11.2. The lowest BCUT2D eigenvalue weighted by Gasteiger charge is -2.19. The molecule has 0 atom stereocenters. The van der Waals surface area contributed by atoms with Crippen LogP contribution in [0.1, 0.15) is 26.3 Å². The highest BCUT2D eigenvalue weighted by Crippen LogP contribution is 2.27. The highest BCUT2D eigenvalue weighted by molar-refractivity contribution is 5.83. The molecule has 0 spiro atoms. The molecule has 0 nitrogen and oxygen atoms in total. The minimum absolute atomic E-state index is 0.0659. The van der Waals surface area contributed by atoms with E-state index in [1.807, 2.05) is 18.2 Å². The molecule has 0 aliphatic rings. The van der Waals surface area contributed by atoms with Crippen molar-refractivity contribution in [2.24, 2.45) is 0 Å². The van der Waals surface area contributed by atoms with Gasteiger partial charge >= 0.3 is 0 Å². The van der Waals surface area contributed by atoms with Gasteiger partial charge in [0.2, 0.25) is 0 Å². The average Bonchev–Trinajstić information content (AvgIpc) is 2.16. The Hall–Kier alpha value is -1.37. The van der Waals surface area contributed by atoms with Crippen molar-refractivity contribution in [3.63, 3.8) is 0 Å². The molecule has 0 aromatic heterocycles. The van der Waals surface area contributed by atoms with E-state index in [0.29, 0.717) is 5.39 Å². The summed E-state index contributed by atoms with van der Waals surface area (Å²) in [5.74, 6) is -0.140. The minimum Gasteiger partial charge on any atom is -0.206 e. The Labute approximate surface area is 89.7 Å². The van der Waals surface area contributed by atoms with Gasteiger partial charge in [0.25, 0.3) is 0 Å². The molecule has 0 amide bonds. The molecule has 2 rings (SSSR count). The number of rotatable bonds is 0. The van der Waals surface area contributed by atoms with E-state index in [-0.39, 0.29) is 11.2 Å². The molecule has 0 heterocycles. The molecule has 0 aliphatic carbocycles. The van der Waals surface area contributed by atoms with Crippen molar-refractivity contribution in [1.82, 2.24) is 0 Å². The second-order valence-electron chi connectivity index (χ2n) is 4.93. The third-order valence-corrected chi connectivity index (χ3v) is 2.69. The lowest BCUT2D eigenvalue weighted by Crippen LogP contribution is -2.10. The molecule has 0 unspecified atom stereocenters. The normalized spacial score (nSPS) is 12.0. The summed E-state index contributed by atoms with van der Waals surface area (Å²) < 4.78 is 13.6. The predicted octanol–water partition coefficient (Wildman–Crippen LogP) is 4.28. The van der Waals surface area contributed by atoms with Crippen LogP contribution in [0.5, 0.6) is 0 Å². The minimum atomic E-state index is -0.140. The molecule has 78 valence electrons. The first-order chi connectivity index (χ1) is 6.98. The van der Waals surface area contributed by atoms with E-state index < -0.39 is 0 Å².